The first kappa shape index (κ1) is 18.2. The zero-order chi connectivity index (χ0) is 16.9. The topological polar surface area (TPSA) is 71.5 Å². The molecular weight excluding hydrogens is 402 g/mol. The van der Waals surface area contributed by atoms with Gasteiger partial charge in [-0.15, -0.1) is 0 Å². The number of anilines is 1. The van der Waals surface area contributed by atoms with E-state index < -0.39 is 10.0 Å². The number of halogens is 1. The molecule has 2 rings (SSSR count). The summed E-state index contributed by atoms with van der Waals surface area (Å²) in [6.45, 7) is 1.34. The van der Waals surface area contributed by atoms with E-state index in [-0.39, 0.29) is 12.2 Å². The molecule has 0 aliphatic heterocycles. The zero-order valence-electron chi connectivity index (χ0n) is 12.8. The second-order valence-electron chi connectivity index (χ2n) is 5.08. The third-order valence-corrected chi connectivity index (χ3v) is 5.49. The average molecular weight is 422 g/mol. The number of ether oxygens (including phenoxy) is 1. The van der Waals surface area contributed by atoms with Crippen LogP contribution < -0.4 is 9.46 Å². The second-order valence-corrected chi connectivity index (χ2v) is 8.45. The van der Waals surface area contributed by atoms with Crippen LogP contribution in [0.25, 0.3) is 0 Å². The quantitative estimate of drug-likeness (QED) is 0.662. The van der Waals surface area contributed by atoms with Gasteiger partial charge in [0.25, 0.3) is 10.0 Å². The lowest BCUT2D eigenvalue weighted by atomic mass is 10.4. The van der Waals surface area contributed by atoms with Crippen LogP contribution >= 0.6 is 27.3 Å². The van der Waals surface area contributed by atoms with Gasteiger partial charge in [-0.25, -0.2) is 13.4 Å². The molecule has 0 bridgehead atoms. The van der Waals surface area contributed by atoms with Crippen LogP contribution in [0.15, 0.2) is 38.5 Å². The van der Waals surface area contributed by atoms with Gasteiger partial charge in [0.05, 0.1) is 11.5 Å². The molecule has 23 heavy (non-hydrogen) atoms. The average Bonchev–Trinajstić information content (AvgIpc) is 3.00. The smallest absolute Gasteiger partial charge is 0.262 e. The van der Waals surface area contributed by atoms with Crippen LogP contribution in [0.3, 0.4) is 0 Å². The summed E-state index contributed by atoms with van der Waals surface area (Å²) >= 11 is 4.62. The van der Waals surface area contributed by atoms with Gasteiger partial charge < -0.3 is 9.64 Å². The van der Waals surface area contributed by atoms with Crippen molar-refractivity contribution in [1.29, 1.82) is 0 Å². The highest BCUT2D eigenvalue weighted by Gasteiger charge is 2.18. The summed E-state index contributed by atoms with van der Waals surface area (Å²) in [4.78, 5) is 6.43. The van der Waals surface area contributed by atoms with Crippen molar-refractivity contribution in [2.75, 3.05) is 32.0 Å². The number of thiophene rings is 1. The number of nitrogens with zero attached hydrogens (tertiary/aromatic N) is 2. The largest absolute Gasteiger partial charge is 0.476 e. The Kier molecular flexibility index (Phi) is 6.40. The Labute approximate surface area is 150 Å². The number of hydrogen-bond donors (Lipinski definition) is 1. The molecule has 2 heterocycles. The molecule has 0 radical (unpaired) electrons. The van der Waals surface area contributed by atoms with Crippen LogP contribution in [0, 0.1) is 0 Å². The SMILES string of the molecule is CN(C)CCCOc1ncc(Br)cc1NS(=O)(=O)c1ccsc1.[HH]. The lowest BCUT2D eigenvalue weighted by Crippen LogP contribution is -2.17. The third-order valence-electron chi connectivity index (χ3n) is 2.86. The molecule has 2 aromatic heterocycles. The summed E-state index contributed by atoms with van der Waals surface area (Å²) in [5.74, 6) is 0.269. The Morgan fingerprint density at radius 2 is 2.26 bits per heavy atom. The predicted molar refractivity (Wildman–Crippen MR) is 97.8 cm³/mol. The number of hydrogen-bond acceptors (Lipinski definition) is 6. The Bertz CT molecular complexity index is 740. The molecule has 0 amide bonds. The van der Waals surface area contributed by atoms with E-state index in [0.29, 0.717) is 16.8 Å². The maximum atomic E-state index is 12.3. The summed E-state index contributed by atoms with van der Waals surface area (Å²) in [7, 11) is 0.327. The number of rotatable bonds is 8. The van der Waals surface area contributed by atoms with Crippen LogP contribution in [-0.2, 0) is 10.0 Å². The van der Waals surface area contributed by atoms with Crippen molar-refractivity contribution < 1.29 is 14.6 Å². The molecule has 9 heteroatoms. The summed E-state index contributed by atoms with van der Waals surface area (Å²) in [6.07, 6.45) is 2.39. The molecule has 128 valence electrons. The minimum absolute atomic E-state index is 0. The zero-order valence-corrected chi connectivity index (χ0v) is 16.0. The second kappa shape index (κ2) is 8.09. The third kappa shape index (κ3) is 5.45. The lowest BCUT2D eigenvalue weighted by molar-refractivity contribution is 0.274. The Balaban J connectivity index is 0.00000288. The Hall–Kier alpha value is -1.16. The van der Waals surface area contributed by atoms with Gasteiger partial charge in [-0.1, -0.05) is 0 Å². The van der Waals surface area contributed by atoms with E-state index in [0.717, 1.165) is 13.0 Å². The fourth-order valence-corrected chi connectivity index (χ4v) is 4.18. The first-order valence-corrected chi connectivity index (χ1v) is 10.1. The Morgan fingerprint density at radius 3 is 2.91 bits per heavy atom. The molecule has 0 fully saturated rings. The van der Waals surface area contributed by atoms with Crippen LogP contribution in [0.4, 0.5) is 5.69 Å². The number of nitrogens with one attached hydrogen (secondary N) is 1. The maximum Gasteiger partial charge on any atom is 0.262 e. The van der Waals surface area contributed by atoms with Gasteiger partial charge in [0.1, 0.15) is 5.69 Å². The normalized spacial score (nSPS) is 11.7. The van der Waals surface area contributed by atoms with Crippen molar-refractivity contribution in [2.24, 2.45) is 0 Å². The van der Waals surface area contributed by atoms with Gasteiger partial charge in [-0.3, -0.25) is 4.72 Å². The molecule has 6 nitrogen and oxygen atoms in total. The summed E-state index contributed by atoms with van der Waals surface area (Å²) in [5, 5.41) is 3.29. The van der Waals surface area contributed by atoms with Crippen molar-refractivity contribution in [3.63, 3.8) is 0 Å². The molecule has 0 aromatic carbocycles. The number of aromatic nitrogens is 1. The predicted octanol–water partition coefficient (Wildman–Crippen LogP) is 3.28. The molecule has 0 unspecified atom stereocenters. The van der Waals surface area contributed by atoms with Gasteiger partial charge in [0.2, 0.25) is 5.88 Å². The van der Waals surface area contributed by atoms with Gasteiger partial charge >= 0.3 is 0 Å². The fraction of sp³-hybridized carbons (Fsp3) is 0.357. The van der Waals surface area contributed by atoms with Gasteiger partial charge in [-0.05, 0) is 54.0 Å². The first-order valence-electron chi connectivity index (χ1n) is 6.86. The van der Waals surface area contributed by atoms with Crippen molar-refractivity contribution >= 4 is 43.0 Å². The summed E-state index contributed by atoms with van der Waals surface area (Å²) in [5.41, 5.74) is 0.315. The summed E-state index contributed by atoms with van der Waals surface area (Å²) < 4.78 is 33.5. The molecule has 0 atom stereocenters. The highest BCUT2D eigenvalue weighted by Crippen LogP contribution is 2.28. The molecule has 2 aromatic rings. The van der Waals surface area contributed by atoms with Crippen molar-refractivity contribution in [3.05, 3.63) is 33.6 Å². The summed E-state index contributed by atoms with van der Waals surface area (Å²) in [6, 6.07) is 3.19. The molecule has 0 aliphatic carbocycles. The lowest BCUT2D eigenvalue weighted by Gasteiger charge is -2.13. The van der Waals surface area contributed by atoms with E-state index in [1.807, 2.05) is 14.1 Å². The molecule has 0 saturated heterocycles. The molecule has 0 aliphatic rings. The molecule has 0 saturated carbocycles. The van der Waals surface area contributed by atoms with E-state index in [4.69, 9.17) is 4.74 Å². The van der Waals surface area contributed by atoms with Crippen LogP contribution in [0.5, 0.6) is 5.88 Å². The van der Waals surface area contributed by atoms with Gasteiger partial charge in [0.15, 0.2) is 0 Å². The number of sulfonamides is 1. The van der Waals surface area contributed by atoms with Crippen molar-refractivity contribution in [3.8, 4) is 5.88 Å². The van der Waals surface area contributed by atoms with E-state index in [1.54, 1.807) is 29.1 Å². The van der Waals surface area contributed by atoms with Crippen LogP contribution in [0.2, 0.25) is 0 Å². The standard InChI is InChI=1S/C14H18BrN3O3S2.H2/c1-18(2)5-3-6-21-14-13(8-11(15)9-16-14)17-23(19,20)12-4-7-22-10-12;/h4,7-10,17H,3,5-6H2,1-2H3;1H. The fourth-order valence-electron chi connectivity index (χ4n) is 1.77. The molecule has 1 N–H and O–H groups in total. The van der Waals surface area contributed by atoms with Crippen molar-refractivity contribution in [2.45, 2.75) is 11.3 Å². The molecular formula is C14H20BrN3O3S2. The first-order chi connectivity index (χ1) is 10.9. The molecule has 0 spiro atoms. The highest BCUT2D eigenvalue weighted by atomic mass is 79.9. The van der Waals surface area contributed by atoms with E-state index >= 15 is 0 Å². The van der Waals surface area contributed by atoms with Crippen LogP contribution in [-0.4, -0.2) is 45.5 Å². The number of pyridine rings is 1. The van der Waals surface area contributed by atoms with E-state index in [1.165, 1.54) is 11.3 Å². The minimum Gasteiger partial charge on any atom is -0.476 e. The van der Waals surface area contributed by atoms with Gasteiger partial charge in [0, 0.05) is 24.0 Å². The van der Waals surface area contributed by atoms with Crippen LogP contribution in [0.1, 0.15) is 7.85 Å². The monoisotopic (exact) mass is 421 g/mol. The highest BCUT2D eigenvalue weighted by molar-refractivity contribution is 9.10. The van der Waals surface area contributed by atoms with E-state index in [9.17, 15) is 8.42 Å². The van der Waals surface area contributed by atoms with Crippen molar-refractivity contribution in [1.82, 2.24) is 9.88 Å². The maximum absolute atomic E-state index is 12.3. The Morgan fingerprint density at radius 1 is 1.48 bits per heavy atom. The van der Waals surface area contributed by atoms with Gasteiger partial charge in [-0.2, -0.15) is 11.3 Å². The van der Waals surface area contributed by atoms with E-state index in [2.05, 4.69) is 30.5 Å². The minimum atomic E-state index is -3.64.